The van der Waals surface area contributed by atoms with Crippen LogP contribution in [0.2, 0.25) is 0 Å². The van der Waals surface area contributed by atoms with Gasteiger partial charge in [0.2, 0.25) is 5.88 Å². The molecule has 1 aromatic rings. The van der Waals surface area contributed by atoms with Gasteiger partial charge < -0.3 is 10.1 Å². The molecule has 70 valence electrons. The molecule has 3 nitrogen and oxygen atoms in total. The van der Waals surface area contributed by atoms with Crippen molar-refractivity contribution >= 4 is 17.2 Å². The fraction of sp³-hybridized carbons (Fsp3) is 0.333. The monoisotopic (exact) mass is 196 g/mol. The first-order valence-electron chi connectivity index (χ1n) is 4.07. The molecule has 13 heavy (non-hydrogen) atoms. The van der Waals surface area contributed by atoms with E-state index in [4.69, 9.17) is 17.0 Å². The molecule has 0 bridgehead atoms. The standard InChI is InChI=1S/C9H12N2OS/c1-8(13)10-6-7-12-9-4-2-3-5-11-9/h2-5H,6-7H2,1H3,(H,10,13). The summed E-state index contributed by atoms with van der Waals surface area (Å²) in [4.78, 5) is 4.79. The van der Waals surface area contributed by atoms with Crippen molar-refractivity contribution in [1.29, 1.82) is 0 Å². The molecule has 0 aliphatic carbocycles. The van der Waals surface area contributed by atoms with Crippen LogP contribution in [0.15, 0.2) is 24.4 Å². The molecule has 0 saturated carbocycles. The maximum absolute atomic E-state index is 5.32. The van der Waals surface area contributed by atoms with Crippen LogP contribution in [-0.4, -0.2) is 23.1 Å². The molecular weight excluding hydrogens is 184 g/mol. The molecule has 0 spiro atoms. The van der Waals surface area contributed by atoms with Crippen molar-refractivity contribution < 1.29 is 4.74 Å². The smallest absolute Gasteiger partial charge is 0.213 e. The number of hydrogen-bond donors (Lipinski definition) is 1. The second kappa shape index (κ2) is 5.48. The van der Waals surface area contributed by atoms with Gasteiger partial charge >= 0.3 is 0 Å². The predicted octanol–water partition coefficient (Wildman–Crippen LogP) is 1.40. The average Bonchev–Trinajstić information content (AvgIpc) is 2.14. The van der Waals surface area contributed by atoms with Crippen molar-refractivity contribution in [3.05, 3.63) is 24.4 Å². The average molecular weight is 196 g/mol. The number of aromatic nitrogens is 1. The van der Waals surface area contributed by atoms with Crippen LogP contribution < -0.4 is 10.1 Å². The van der Waals surface area contributed by atoms with Gasteiger partial charge in [0, 0.05) is 18.8 Å². The number of hydrogen-bond acceptors (Lipinski definition) is 3. The Hall–Kier alpha value is -1.16. The molecule has 4 heteroatoms. The van der Waals surface area contributed by atoms with E-state index < -0.39 is 0 Å². The van der Waals surface area contributed by atoms with Crippen LogP contribution in [0.4, 0.5) is 0 Å². The largest absolute Gasteiger partial charge is 0.476 e. The lowest BCUT2D eigenvalue weighted by Gasteiger charge is -2.05. The highest BCUT2D eigenvalue weighted by molar-refractivity contribution is 7.80. The molecule has 0 aliphatic heterocycles. The summed E-state index contributed by atoms with van der Waals surface area (Å²) in [7, 11) is 0. The van der Waals surface area contributed by atoms with Gasteiger partial charge in [-0.1, -0.05) is 18.3 Å². The summed E-state index contributed by atoms with van der Waals surface area (Å²) in [6.07, 6.45) is 1.70. The highest BCUT2D eigenvalue weighted by Gasteiger charge is 1.91. The zero-order chi connectivity index (χ0) is 9.52. The summed E-state index contributed by atoms with van der Waals surface area (Å²) < 4.78 is 5.32. The van der Waals surface area contributed by atoms with Gasteiger partial charge in [-0.2, -0.15) is 0 Å². The van der Waals surface area contributed by atoms with Crippen LogP contribution in [0.5, 0.6) is 5.88 Å². The minimum atomic E-state index is 0.574. The molecule has 0 radical (unpaired) electrons. The Morgan fingerprint density at radius 1 is 1.62 bits per heavy atom. The zero-order valence-corrected chi connectivity index (χ0v) is 8.30. The van der Waals surface area contributed by atoms with Crippen molar-refractivity contribution in [3.8, 4) is 5.88 Å². The van der Waals surface area contributed by atoms with E-state index in [1.54, 1.807) is 6.20 Å². The summed E-state index contributed by atoms with van der Waals surface area (Å²) >= 11 is 4.84. The Kier molecular flexibility index (Phi) is 4.18. The fourth-order valence-corrected chi connectivity index (χ4v) is 0.917. The van der Waals surface area contributed by atoms with Crippen molar-refractivity contribution in [1.82, 2.24) is 10.3 Å². The maximum atomic E-state index is 5.32. The molecule has 0 fully saturated rings. The summed E-state index contributed by atoms with van der Waals surface area (Å²) in [5.74, 6) is 0.645. The molecule has 1 heterocycles. The van der Waals surface area contributed by atoms with Crippen LogP contribution >= 0.6 is 12.2 Å². The summed E-state index contributed by atoms with van der Waals surface area (Å²) in [6.45, 7) is 3.13. The Bertz CT molecular complexity index is 264. The van der Waals surface area contributed by atoms with Gasteiger partial charge in [0.05, 0.1) is 4.99 Å². The lowest BCUT2D eigenvalue weighted by molar-refractivity contribution is 0.310. The van der Waals surface area contributed by atoms with E-state index >= 15 is 0 Å². The third-order valence-corrected chi connectivity index (χ3v) is 1.51. The Balaban J connectivity index is 2.17. The first-order valence-corrected chi connectivity index (χ1v) is 4.48. The van der Waals surface area contributed by atoms with Gasteiger partial charge in [-0.15, -0.1) is 0 Å². The second-order valence-corrected chi connectivity index (χ2v) is 3.11. The molecule has 0 atom stereocenters. The van der Waals surface area contributed by atoms with Gasteiger partial charge in [-0.3, -0.25) is 0 Å². The van der Waals surface area contributed by atoms with E-state index in [0.717, 1.165) is 4.99 Å². The maximum Gasteiger partial charge on any atom is 0.213 e. The fourth-order valence-electron chi connectivity index (χ4n) is 0.815. The first kappa shape index (κ1) is 9.92. The van der Waals surface area contributed by atoms with Gasteiger partial charge in [0.1, 0.15) is 6.61 Å². The first-order chi connectivity index (χ1) is 6.29. The quantitative estimate of drug-likeness (QED) is 0.583. The lowest BCUT2D eigenvalue weighted by Crippen LogP contribution is -2.24. The van der Waals surface area contributed by atoms with Crippen LogP contribution in [0, 0.1) is 0 Å². The SMILES string of the molecule is CC(=S)NCCOc1ccccn1. The van der Waals surface area contributed by atoms with E-state index in [-0.39, 0.29) is 0 Å². The third kappa shape index (κ3) is 4.42. The van der Waals surface area contributed by atoms with Gasteiger partial charge in [0.25, 0.3) is 0 Å². The second-order valence-electron chi connectivity index (χ2n) is 2.50. The highest BCUT2D eigenvalue weighted by Crippen LogP contribution is 2.01. The molecular formula is C9H12N2OS. The number of ether oxygens (including phenoxy) is 1. The van der Waals surface area contributed by atoms with Crippen LogP contribution in [0.25, 0.3) is 0 Å². The summed E-state index contributed by atoms with van der Waals surface area (Å²) in [5, 5.41) is 2.99. The van der Waals surface area contributed by atoms with Crippen LogP contribution in [0.3, 0.4) is 0 Å². The molecule has 0 aromatic carbocycles. The Labute approximate surface area is 83.1 Å². The van der Waals surface area contributed by atoms with E-state index in [1.165, 1.54) is 0 Å². The van der Waals surface area contributed by atoms with Crippen molar-refractivity contribution in [3.63, 3.8) is 0 Å². The molecule has 0 amide bonds. The Morgan fingerprint density at radius 3 is 3.08 bits per heavy atom. The minimum absolute atomic E-state index is 0.574. The van der Waals surface area contributed by atoms with Crippen molar-refractivity contribution in [2.75, 3.05) is 13.2 Å². The lowest BCUT2D eigenvalue weighted by atomic mass is 10.5. The number of pyridine rings is 1. The highest BCUT2D eigenvalue weighted by atomic mass is 32.1. The minimum Gasteiger partial charge on any atom is -0.476 e. The van der Waals surface area contributed by atoms with Crippen LogP contribution in [-0.2, 0) is 0 Å². The predicted molar refractivity (Wildman–Crippen MR) is 56.0 cm³/mol. The molecule has 1 N–H and O–H groups in total. The van der Waals surface area contributed by atoms with Crippen molar-refractivity contribution in [2.45, 2.75) is 6.92 Å². The van der Waals surface area contributed by atoms with Crippen LogP contribution in [0.1, 0.15) is 6.92 Å². The van der Waals surface area contributed by atoms with E-state index in [1.807, 2.05) is 25.1 Å². The molecule has 1 aromatic heterocycles. The molecule has 0 saturated heterocycles. The number of thiocarbonyl (C=S) groups is 1. The topological polar surface area (TPSA) is 34.1 Å². The van der Waals surface area contributed by atoms with Gasteiger partial charge in [0.15, 0.2) is 0 Å². The third-order valence-electron chi connectivity index (χ3n) is 1.36. The molecule has 0 unspecified atom stereocenters. The summed E-state index contributed by atoms with van der Waals surface area (Å²) in [5.41, 5.74) is 0. The van der Waals surface area contributed by atoms with E-state index in [2.05, 4.69) is 10.3 Å². The molecule has 0 aliphatic rings. The summed E-state index contributed by atoms with van der Waals surface area (Å²) in [6, 6.07) is 5.57. The number of nitrogens with one attached hydrogen (secondary N) is 1. The van der Waals surface area contributed by atoms with E-state index in [0.29, 0.717) is 19.0 Å². The number of nitrogens with zero attached hydrogens (tertiary/aromatic N) is 1. The Morgan fingerprint density at radius 2 is 2.46 bits per heavy atom. The molecule has 1 rings (SSSR count). The van der Waals surface area contributed by atoms with Gasteiger partial charge in [-0.05, 0) is 13.0 Å². The normalized spacial score (nSPS) is 9.31. The zero-order valence-electron chi connectivity index (χ0n) is 7.49. The number of rotatable bonds is 4. The van der Waals surface area contributed by atoms with Gasteiger partial charge in [-0.25, -0.2) is 4.98 Å². The van der Waals surface area contributed by atoms with Crippen molar-refractivity contribution in [2.24, 2.45) is 0 Å². The van der Waals surface area contributed by atoms with E-state index in [9.17, 15) is 0 Å².